The highest BCUT2D eigenvalue weighted by Gasteiger charge is 2.12. The van der Waals surface area contributed by atoms with Gasteiger partial charge in [0, 0.05) is 11.8 Å². The minimum atomic E-state index is -0.532. The third-order valence-electron chi connectivity index (χ3n) is 2.53. The molecule has 1 N–H and O–H groups in total. The van der Waals surface area contributed by atoms with Crippen LogP contribution in [0.5, 0.6) is 5.75 Å². The molecule has 2 rings (SSSR count). The number of aliphatic hydroxyl groups excluding tert-OH is 1. The Balaban J connectivity index is 2.34. The summed E-state index contributed by atoms with van der Waals surface area (Å²) in [6.45, 7) is 1.74. The molecule has 1 unspecified atom stereocenters. The molecular formula is C14H15NO2S. The van der Waals surface area contributed by atoms with Crippen LogP contribution in [0.4, 0.5) is 0 Å². The van der Waals surface area contributed by atoms with Gasteiger partial charge in [-0.05, 0) is 25.1 Å². The van der Waals surface area contributed by atoms with Crippen LogP contribution in [0.15, 0.2) is 52.5 Å². The van der Waals surface area contributed by atoms with Gasteiger partial charge < -0.3 is 9.84 Å². The van der Waals surface area contributed by atoms with Crippen LogP contribution in [0.25, 0.3) is 0 Å². The predicted octanol–water partition coefficient (Wildman–Crippen LogP) is 3.29. The summed E-state index contributed by atoms with van der Waals surface area (Å²) >= 11 is 1.50. The number of hydrogen-bond donors (Lipinski definition) is 1. The summed E-state index contributed by atoms with van der Waals surface area (Å²) in [5.41, 5.74) is 0.827. The molecule has 94 valence electrons. The Bertz CT molecular complexity index is 529. The van der Waals surface area contributed by atoms with Crippen molar-refractivity contribution in [1.82, 2.24) is 4.98 Å². The van der Waals surface area contributed by atoms with Gasteiger partial charge in [-0.2, -0.15) is 0 Å². The molecule has 3 nitrogen and oxygen atoms in total. The van der Waals surface area contributed by atoms with Crippen LogP contribution in [-0.4, -0.2) is 17.2 Å². The van der Waals surface area contributed by atoms with Gasteiger partial charge in [0.1, 0.15) is 10.8 Å². The molecule has 0 amide bonds. The summed E-state index contributed by atoms with van der Waals surface area (Å²) in [5.74, 6) is 0.810. The molecular weight excluding hydrogens is 246 g/mol. The Kier molecular flexibility index (Phi) is 4.23. The first-order chi connectivity index (χ1) is 8.72. The molecule has 0 spiro atoms. The second kappa shape index (κ2) is 5.89. The summed E-state index contributed by atoms with van der Waals surface area (Å²) in [7, 11) is 1.65. The molecule has 0 aliphatic heterocycles. The number of methoxy groups -OCH3 is 1. The van der Waals surface area contributed by atoms with Crippen molar-refractivity contribution < 1.29 is 9.84 Å². The van der Waals surface area contributed by atoms with Crippen molar-refractivity contribution in [2.24, 2.45) is 0 Å². The Labute approximate surface area is 111 Å². The molecule has 1 aromatic heterocycles. The van der Waals surface area contributed by atoms with Crippen molar-refractivity contribution in [3.05, 3.63) is 48.2 Å². The Morgan fingerprint density at radius 3 is 2.72 bits per heavy atom. The number of ether oxygens (including phenoxy) is 1. The Hall–Kier alpha value is -1.52. The first kappa shape index (κ1) is 12.9. The lowest BCUT2D eigenvalue weighted by molar-refractivity contribution is 0.195. The fourth-order valence-electron chi connectivity index (χ4n) is 1.61. The number of hydrogen-bond acceptors (Lipinski definition) is 4. The largest absolute Gasteiger partial charge is 0.496 e. The van der Waals surface area contributed by atoms with E-state index in [-0.39, 0.29) is 0 Å². The van der Waals surface area contributed by atoms with Gasteiger partial charge in [0.25, 0.3) is 0 Å². The fraction of sp³-hybridized carbons (Fsp3) is 0.214. The SMILES string of the molecule is COc1ccccc1Sc1ncccc1C(C)O. The van der Waals surface area contributed by atoms with Gasteiger partial charge in [0.15, 0.2) is 0 Å². The highest BCUT2D eigenvalue weighted by Crippen LogP contribution is 2.36. The third-order valence-corrected chi connectivity index (χ3v) is 3.62. The summed E-state index contributed by atoms with van der Waals surface area (Å²) in [4.78, 5) is 5.30. The molecule has 18 heavy (non-hydrogen) atoms. The van der Waals surface area contributed by atoms with Crippen molar-refractivity contribution in [2.75, 3.05) is 7.11 Å². The average molecular weight is 261 g/mol. The summed E-state index contributed by atoms with van der Waals surface area (Å²) in [6.07, 6.45) is 1.19. The topological polar surface area (TPSA) is 42.4 Å². The van der Waals surface area contributed by atoms with E-state index in [1.165, 1.54) is 11.8 Å². The molecule has 1 heterocycles. The molecule has 0 aliphatic carbocycles. The second-order valence-electron chi connectivity index (χ2n) is 3.83. The van der Waals surface area contributed by atoms with E-state index in [1.807, 2.05) is 36.4 Å². The zero-order valence-electron chi connectivity index (χ0n) is 10.3. The monoisotopic (exact) mass is 261 g/mol. The lowest BCUT2D eigenvalue weighted by Gasteiger charge is -2.11. The predicted molar refractivity (Wildman–Crippen MR) is 72.0 cm³/mol. The van der Waals surface area contributed by atoms with Crippen LogP contribution in [0.1, 0.15) is 18.6 Å². The quantitative estimate of drug-likeness (QED) is 0.917. The summed E-state index contributed by atoms with van der Waals surface area (Å²) < 4.78 is 5.31. The molecule has 0 aliphatic rings. The van der Waals surface area contributed by atoms with Gasteiger partial charge in [0.05, 0.1) is 18.1 Å². The molecule has 2 aromatic rings. The van der Waals surface area contributed by atoms with Gasteiger partial charge in [-0.25, -0.2) is 4.98 Å². The van der Waals surface area contributed by atoms with Gasteiger partial charge in [-0.1, -0.05) is 30.0 Å². The van der Waals surface area contributed by atoms with Crippen molar-refractivity contribution in [3.63, 3.8) is 0 Å². The van der Waals surface area contributed by atoms with Gasteiger partial charge in [-0.15, -0.1) is 0 Å². The van der Waals surface area contributed by atoms with Gasteiger partial charge >= 0.3 is 0 Å². The number of benzene rings is 1. The number of rotatable bonds is 4. The summed E-state index contributed by atoms with van der Waals surface area (Å²) in [6, 6.07) is 11.5. The number of pyridine rings is 1. The van der Waals surface area contributed by atoms with E-state index in [0.717, 1.165) is 21.2 Å². The molecule has 0 fully saturated rings. The molecule has 0 saturated heterocycles. The standard InChI is InChI=1S/C14H15NO2S/c1-10(16)11-6-5-9-15-14(11)18-13-8-4-3-7-12(13)17-2/h3-10,16H,1-2H3. The van der Waals surface area contributed by atoms with Crippen molar-refractivity contribution >= 4 is 11.8 Å². The first-order valence-corrected chi connectivity index (χ1v) is 6.48. The van der Waals surface area contributed by atoms with Crippen LogP contribution >= 0.6 is 11.8 Å². The number of nitrogens with zero attached hydrogens (tertiary/aromatic N) is 1. The number of aliphatic hydroxyl groups is 1. The second-order valence-corrected chi connectivity index (χ2v) is 4.86. The molecule has 0 saturated carbocycles. The van der Waals surface area contributed by atoms with E-state index >= 15 is 0 Å². The maximum atomic E-state index is 9.72. The van der Waals surface area contributed by atoms with Crippen LogP contribution in [0.3, 0.4) is 0 Å². The average Bonchev–Trinajstić information content (AvgIpc) is 2.40. The van der Waals surface area contributed by atoms with Crippen molar-refractivity contribution in [3.8, 4) is 5.75 Å². The van der Waals surface area contributed by atoms with Gasteiger partial charge in [0.2, 0.25) is 0 Å². The zero-order valence-corrected chi connectivity index (χ0v) is 11.1. The van der Waals surface area contributed by atoms with E-state index in [1.54, 1.807) is 20.2 Å². The molecule has 0 radical (unpaired) electrons. The minimum Gasteiger partial charge on any atom is -0.496 e. The van der Waals surface area contributed by atoms with Crippen LogP contribution in [0.2, 0.25) is 0 Å². The maximum absolute atomic E-state index is 9.72. The van der Waals surface area contributed by atoms with Crippen LogP contribution in [0, 0.1) is 0 Å². The molecule has 4 heteroatoms. The normalized spacial score (nSPS) is 12.2. The molecule has 1 aromatic carbocycles. The van der Waals surface area contributed by atoms with E-state index in [0.29, 0.717) is 0 Å². The van der Waals surface area contributed by atoms with E-state index in [4.69, 9.17) is 4.74 Å². The highest BCUT2D eigenvalue weighted by molar-refractivity contribution is 7.99. The lowest BCUT2D eigenvalue weighted by atomic mass is 10.2. The minimum absolute atomic E-state index is 0.532. The number of para-hydroxylation sites is 1. The highest BCUT2D eigenvalue weighted by atomic mass is 32.2. The third kappa shape index (κ3) is 2.83. The van der Waals surface area contributed by atoms with Crippen LogP contribution < -0.4 is 4.74 Å². The maximum Gasteiger partial charge on any atom is 0.132 e. The van der Waals surface area contributed by atoms with Crippen molar-refractivity contribution in [1.29, 1.82) is 0 Å². The van der Waals surface area contributed by atoms with E-state index < -0.39 is 6.10 Å². The fourth-order valence-corrected chi connectivity index (χ4v) is 2.69. The van der Waals surface area contributed by atoms with Crippen LogP contribution in [-0.2, 0) is 0 Å². The van der Waals surface area contributed by atoms with E-state index in [9.17, 15) is 5.11 Å². The smallest absolute Gasteiger partial charge is 0.132 e. The molecule has 1 atom stereocenters. The lowest BCUT2D eigenvalue weighted by Crippen LogP contribution is -1.96. The Morgan fingerprint density at radius 2 is 2.00 bits per heavy atom. The number of aromatic nitrogens is 1. The zero-order chi connectivity index (χ0) is 13.0. The first-order valence-electron chi connectivity index (χ1n) is 5.66. The van der Waals surface area contributed by atoms with Gasteiger partial charge in [-0.3, -0.25) is 0 Å². The van der Waals surface area contributed by atoms with E-state index in [2.05, 4.69) is 4.98 Å². The van der Waals surface area contributed by atoms with Crippen molar-refractivity contribution in [2.45, 2.75) is 22.9 Å². The molecule has 0 bridgehead atoms. The Morgan fingerprint density at radius 1 is 1.22 bits per heavy atom. The summed E-state index contributed by atoms with van der Waals surface area (Å²) in [5, 5.41) is 10.5.